The summed E-state index contributed by atoms with van der Waals surface area (Å²) in [5, 5.41) is 1.14. The van der Waals surface area contributed by atoms with Gasteiger partial charge in [-0.15, -0.1) is 0 Å². The van der Waals surface area contributed by atoms with E-state index in [1.807, 2.05) is 64.8 Å². The molecule has 0 atom stereocenters. The monoisotopic (exact) mass is 376 g/mol. The van der Waals surface area contributed by atoms with Crippen LogP contribution in [0.2, 0.25) is 0 Å². The van der Waals surface area contributed by atoms with Crippen molar-refractivity contribution in [1.82, 2.24) is 4.57 Å². The van der Waals surface area contributed by atoms with Crippen molar-refractivity contribution in [3.05, 3.63) is 72.6 Å². The molecule has 0 aliphatic rings. The molecule has 3 nitrogen and oxygen atoms in total. The second-order valence-electron chi connectivity index (χ2n) is 5.33. The molecule has 0 spiro atoms. The van der Waals surface area contributed by atoms with E-state index in [0.29, 0.717) is 0 Å². The van der Waals surface area contributed by atoms with Crippen molar-refractivity contribution in [3.8, 4) is 17.3 Å². The summed E-state index contributed by atoms with van der Waals surface area (Å²) in [5.74, 6) is 1.82. The molecule has 0 N–H and O–H groups in total. The Morgan fingerprint density at radius 1 is 1.09 bits per heavy atom. The van der Waals surface area contributed by atoms with Gasteiger partial charge in [0.05, 0.1) is 19.4 Å². The van der Waals surface area contributed by atoms with Crippen molar-refractivity contribution in [2.75, 3.05) is 0 Å². The number of para-hydroxylation sites is 2. The second kappa shape index (κ2) is 6.42. The fraction of sp³-hybridized carbons (Fsp3) is 0.105. The average Bonchev–Trinajstić information content (AvgIpc) is 3.09. The Morgan fingerprint density at radius 2 is 1.87 bits per heavy atom. The predicted molar refractivity (Wildman–Crippen MR) is 84.6 cm³/mol. The number of imidazole rings is 1. The van der Waals surface area contributed by atoms with E-state index in [1.54, 1.807) is 0 Å². The molecule has 0 unspecified atom stereocenters. The molecule has 0 amide bonds. The zero-order valence-corrected chi connectivity index (χ0v) is 15.9. The molecule has 23 heavy (non-hydrogen) atoms. The van der Waals surface area contributed by atoms with Crippen LogP contribution in [0.25, 0.3) is 28.2 Å². The van der Waals surface area contributed by atoms with Gasteiger partial charge in [-0.1, -0.05) is 23.9 Å². The number of furan rings is 1. The topological polar surface area (TPSA) is 21.9 Å². The van der Waals surface area contributed by atoms with Crippen LogP contribution in [0.3, 0.4) is 0 Å². The Bertz CT molecular complexity index is 954. The summed E-state index contributed by atoms with van der Waals surface area (Å²) in [6, 6.07) is 19.2. The normalized spacial score (nSPS) is 10.7. The van der Waals surface area contributed by atoms with Gasteiger partial charge >= 0.3 is 0 Å². The molecule has 0 saturated heterocycles. The molecule has 4 rings (SSSR count). The third-order valence-corrected chi connectivity index (χ3v) is 3.91. The van der Waals surface area contributed by atoms with E-state index in [9.17, 15) is 0 Å². The smallest absolute Gasteiger partial charge is 0.220 e. The summed E-state index contributed by atoms with van der Waals surface area (Å²) in [7, 11) is 2.00. The third kappa shape index (κ3) is 2.69. The number of aromatic nitrogens is 2. The second-order valence-corrected chi connectivity index (χ2v) is 5.33. The fourth-order valence-corrected chi connectivity index (χ4v) is 2.78. The maximum atomic E-state index is 6.11. The van der Waals surface area contributed by atoms with Crippen molar-refractivity contribution in [3.63, 3.8) is 0 Å². The van der Waals surface area contributed by atoms with Crippen molar-refractivity contribution >= 4 is 11.0 Å². The van der Waals surface area contributed by atoms with Crippen LogP contribution in [0.15, 0.2) is 59.1 Å². The van der Waals surface area contributed by atoms with Crippen LogP contribution < -0.4 is 4.57 Å². The number of rotatable bonds is 2. The maximum absolute atomic E-state index is 6.11. The summed E-state index contributed by atoms with van der Waals surface area (Å²) in [5.41, 5.74) is 2.98. The summed E-state index contributed by atoms with van der Waals surface area (Å²) in [6.45, 7) is 2.09. The van der Waals surface area contributed by atoms with Crippen LogP contribution >= 0.6 is 0 Å². The number of nitrogens with zero attached hydrogens (tertiary/aromatic N) is 2. The standard InChI is InChI=1S/C19H15N2O.Y/c1-14-16-10-6-7-11-17(16)22-18(14)19-20(2)12-13-21(19)15-8-4-3-5-9-15;/h3-8,10-12H,1-2H3;/q-1;. The molecule has 1 radical (unpaired) electrons. The van der Waals surface area contributed by atoms with E-state index in [0.717, 1.165) is 33.8 Å². The molecule has 111 valence electrons. The van der Waals surface area contributed by atoms with E-state index < -0.39 is 0 Å². The molecular formula is C19H15N2OY-. The van der Waals surface area contributed by atoms with E-state index in [-0.39, 0.29) is 32.7 Å². The number of hydrogen-bond donors (Lipinski definition) is 0. The Kier molecular flexibility index (Phi) is 4.51. The van der Waals surface area contributed by atoms with Crippen LogP contribution in [-0.4, -0.2) is 4.57 Å². The zero-order valence-electron chi connectivity index (χ0n) is 13.1. The molecule has 2 aromatic carbocycles. The first-order valence-corrected chi connectivity index (χ1v) is 7.20. The van der Waals surface area contributed by atoms with Gasteiger partial charge in [0.15, 0.2) is 5.76 Å². The van der Waals surface area contributed by atoms with Crippen LogP contribution in [-0.2, 0) is 39.8 Å². The van der Waals surface area contributed by atoms with Crippen LogP contribution in [0.4, 0.5) is 0 Å². The van der Waals surface area contributed by atoms with Crippen molar-refractivity contribution < 1.29 is 41.7 Å². The molecule has 2 heterocycles. The summed E-state index contributed by atoms with van der Waals surface area (Å²) in [4.78, 5) is 0. The van der Waals surface area contributed by atoms with Gasteiger partial charge in [-0.05, 0) is 18.6 Å². The van der Waals surface area contributed by atoms with Gasteiger partial charge in [-0.2, -0.15) is 24.3 Å². The summed E-state index contributed by atoms with van der Waals surface area (Å²) in [6.07, 6.45) is 5.15. The summed E-state index contributed by atoms with van der Waals surface area (Å²) >= 11 is 0. The molecule has 4 heteroatoms. The van der Waals surface area contributed by atoms with Gasteiger partial charge in [0.2, 0.25) is 5.82 Å². The van der Waals surface area contributed by atoms with Crippen LogP contribution in [0.5, 0.6) is 0 Å². The van der Waals surface area contributed by atoms with Crippen molar-refractivity contribution in [2.24, 2.45) is 7.05 Å². The van der Waals surface area contributed by atoms with Gasteiger partial charge < -0.3 is 8.98 Å². The van der Waals surface area contributed by atoms with E-state index in [1.165, 1.54) is 0 Å². The maximum Gasteiger partial charge on any atom is 0.220 e. The number of aryl methyl sites for hydroxylation is 2. The molecular weight excluding hydrogens is 361 g/mol. The fourth-order valence-electron chi connectivity index (χ4n) is 2.78. The largest absolute Gasteiger partial charge is 0.461 e. The molecule has 0 aliphatic carbocycles. The third-order valence-electron chi connectivity index (χ3n) is 3.91. The Balaban J connectivity index is 0.00000156. The first-order valence-electron chi connectivity index (χ1n) is 7.20. The molecule has 0 fully saturated rings. The van der Waals surface area contributed by atoms with Gasteiger partial charge in [0.1, 0.15) is 5.58 Å². The minimum absolute atomic E-state index is 0. The number of benzene rings is 2. The first-order chi connectivity index (χ1) is 10.8. The molecule has 2 aromatic heterocycles. The molecule has 4 aromatic rings. The van der Waals surface area contributed by atoms with E-state index in [2.05, 4.69) is 25.3 Å². The molecule has 0 aliphatic heterocycles. The van der Waals surface area contributed by atoms with Gasteiger partial charge in [-0.25, -0.2) is 6.07 Å². The summed E-state index contributed by atoms with van der Waals surface area (Å²) < 4.78 is 10.1. The zero-order chi connectivity index (χ0) is 15.1. The first kappa shape index (κ1) is 16.2. The minimum atomic E-state index is 0. The van der Waals surface area contributed by atoms with Crippen molar-refractivity contribution in [1.29, 1.82) is 0 Å². The van der Waals surface area contributed by atoms with Crippen LogP contribution in [0.1, 0.15) is 5.56 Å². The Hall–Kier alpha value is -1.71. The molecule has 0 bridgehead atoms. The number of hydrogen-bond acceptors (Lipinski definition) is 1. The van der Waals surface area contributed by atoms with Gasteiger partial charge in [0, 0.05) is 38.1 Å². The van der Waals surface area contributed by atoms with Gasteiger partial charge in [-0.3, -0.25) is 4.57 Å². The quantitative estimate of drug-likeness (QED) is 0.387. The Labute approximate surface area is 160 Å². The number of fused-ring (bicyclic) bond motifs is 1. The van der Waals surface area contributed by atoms with E-state index >= 15 is 0 Å². The SMILES string of the molecule is Cc1c(-c2n(C)c[c-][n+]2-c2[c-]cccc2)oc2ccccc12.[Y]. The average molecular weight is 376 g/mol. The van der Waals surface area contributed by atoms with Crippen molar-refractivity contribution in [2.45, 2.75) is 6.92 Å². The van der Waals surface area contributed by atoms with Gasteiger partial charge in [0.25, 0.3) is 0 Å². The molecule has 0 saturated carbocycles. The van der Waals surface area contributed by atoms with E-state index in [4.69, 9.17) is 4.42 Å². The Morgan fingerprint density at radius 3 is 2.61 bits per heavy atom. The minimum Gasteiger partial charge on any atom is -0.461 e. The predicted octanol–water partition coefficient (Wildman–Crippen LogP) is 3.62. The van der Waals surface area contributed by atoms with Crippen LogP contribution in [0, 0.1) is 19.2 Å².